The topological polar surface area (TPSA) is 133 Å². The lowest BCUT2D eigenvalue weighted by Gasteiger charge is -2.17. The lowest BCUT2D eigenvalue weighted by molar-refractivity contribution is -0.139. The van der Waals surface area contributed by atoms with E-state index in [1.807, 2.05) is 38.2 Å². The fourth-order valence-electron chi connectivity index (χ4n) is 8.71. The molecule has 0 radical (unpaired) electrons. The minimum absolute atomic E-state index is 0.00749. The second kappa shape index (κ2) is 21.8. The number of allylic oxidation sites excluding steroid dienone is 21. The maximum Gasteiger partial charge on any atom is 0.311 e. The van der Waals surface area contributed by atoms with Crippen molar-refractivity contribution in [3.05, 3.63) is 152 Å². The average Bonchev–Trinajstić information content (AvgIpc) is 4.00. The summed E-state index contributed by atoms with van der Waals surface area (Å²) in [4.78, 5) is 40.4. The van der Waals surface area contributed by atoms with Gasteiger partial charge in [-0.2, -0.15) is 0 Å². The van der Waals surface area contributed by atoms with Crippen molar-refractivity contribution < 1.29 is 24.5 Å². The van der Waals surface area contributed by atoms with Crippen LogP contribution in [0.5, 0.6) is 0 Å². The summed E-state index contributed by atoms with van der Waals surface area (Å²) in [6.45, 7) is 12.3. The summed E-state index contributed by atoms with van der Waals surface area (Å²) >= 11 is 0. The molecule has 1 fully saturated rings. The van der Waals surface area contributed by atoms with Crippen LogP contribution in [0.2, 0.25) is 0 Å². The first-order valence-electron chi connectivity index (χ1n) is 22.7. The lowest BCUT2D eigenvalue weighted by Crippen LogP contribution is -2.15. The number of aliphatic carboxylic acids is 1. The van der Waals surface area contributed by atoms with E-state index >= 15 is 0 Å². The number of hydrogen-bond acceptors (Lipinski definition) is 8. The molecule has 9 heteroatoms. The van der Waals surface area contributed by atoms with Gasteiger partial charge in [-0.3, -0.25) is 9.59 Å². The van der Waals surface area contributed by atoms with Crippen molar-refractivity contribution >= 4 is 29.1 Å². The molecule has 1 aliphatic carbocycles. The number of carboxylic acids is 1. The molecule has 0 unspecified atom stereocenters. The molecule has 5 aliphatic heterocycles. The number of aliphatic hydroxyl groups is 1. The van der Waals surface area contributed by atoms with Crippen molar-refractivity contribution in [3.8, 4) is 0 Å². The maximum absolute atomic E-state index is 13.4. The van der Waals surface area contributed by atoms with E-state index in [1.165, 1.54) is 12.8 Å². The molecule has 2 atom stereocenters. The van der Waals surface area contributed by atoms with Crippen molar-refractivity contribution in [2.24, 2.45) is 26.8 Å². The van der Waals surface area contributed by atoms with Crippen LogP contribution in [0.3, 0.4) is 0 Å². The number of aliphatic imine (C=N–C) groups is 3. The zero-order valence-corrected chi connectivity index (χ0v) is 37.5. The Kier molecular flexibility index (Phi) is 16.1. The second-order valence-electron chi connectivity index (χ2n) is 16.6. The number of carboxylic acid groups (broad SMARTS) is 1. The summed E-state index contributed by atoms with van der Waals surface area (Å²) in [6.07, 6.45) is 38.6. The SMILES string of the molecule is CC/C=C/C/C=C/C/C=C/CCCC/C=C/C/C=C/CCC(=O)OC1=C(C)C2=NC1=CC1=NC(=CC3=C(C)C4=C(O)CC(=C5NC(=C2)[C@@H](C)[C@@H]5CCC(=O)O)C4=N3)C(CC)=C1C. The molecule has 3 N–H and O–H groups in total. The van der Waals surface area contributed by atoms with Gasteiger partial charge in [-0.15, -0.1) is 0 Å². The van der Waals surface area contributed by atoms with Crippen LogP contribution in [0.25, 0.3) is 0 Å². The number of rotatable bonds is 20. The molecule has 0 amide bonds. The highest BCUT2D eigenvalue weighted by atomic mass is 16.5. The Labute approximate surface area is 368 Å². The van der Waals surface area contributed by atoms with E-state index in [-0.39, 0.29) is 36.4 Å². The molecule has 8 bridgehead atoms. The highest BCUT2D eigenvalue weighted by Gasteiger charge is 2.41. The Hall–Kier alpha value is -5.83. The third kappa shape index (κ3) is 11.0. The number of nitrogens with zero attached hydrogens (tertiary/aromatic N) is 3. The average molecular weight is 837 g/mol. The summed E-state index contributed by atoms with van der Waals surface area (Å²) < 4.78 is 6.14. The number of hydrogen-bond donors (Lipinski definition) is 3. The molecule has 0 aromatic heterocycles. The van der Waals surface area contributed by atoms with Crippen molar-refractivity contribution in [1.82, 2.24) is 5.32 Å². The molecule has 0 aromatic carbocycles. The van der Waals surface area contributed by atoms with E-state index in [0.717, 1.165) is 113 Å². The number of esters is 1. The molecule has 1 saturated heterocycles. The van der Waals surface area contributed by atoms with Crippen LogP contribution >= 0.6 is 0 Å². The minimum atomic E-state index is -0.857. The summed E-state index contributed by atoms with van der Waals surface area (Å²) in [5, 5.41) is 24.6. The van der Waals surface area contributed by atoms with Gasteiger partial charge in [0.1, 0.15) is 11.5 Å². The highest BCUT2D eigenvalue weighted by Crippen LogP contribution is 2.46. The molecule has 326 valence electrons. The Bertz CT molecular complexity index is 2320. The van der Waals surface area contributed by atoms with Crippen molar-refractivity contribution in [2.75, 3.05) is 0 Å². The van der Waals surface area contributed by atoms with Gasteiger partial charge in [-0.05, 0) is 126 Å². The minimum Gasteiger partial charge on any atom is -0.511 e. The Morgan fingerprint density at radius 1 is 0.774 bits per heavy atom. The quantitative estimate of drug-likeness (QED) is 0.0635. The molecule has 9 nitrogen and oxygen atoms in total. The Morgan fingerprint density at radius 3 is 2.06 bits per heavy atom. The molecule has 0 saturated carbocycles. The Balaban J connectivity index is 1.13. The summed E-state index contributed by atoms with van der Waals surface area (Å²) in [5.74, 6) is -0.731. The van der Waals surface area contributed by atoms with Crippen LogP contribution in [-0.2, 0) is 14.3 Å². The van der Waals surface area contributed by atoms with Gasteiger partial charge >= 0.3 is 11.9 Å². The van der Waals surface area contributed by atoms with Crippen LogP contribution in [0.1, 0.15) is 131 Å². The molecule has 5 heterocycles. The number of nitrogens with one attached hydrogen (secondary N) is 1. The number of unbranched alkanes of at least 4 members (excludes halogenated alkanes) is 3. The maximum atomic E-state index is 13.4. The molecule has 0 aromatic rings. The predicted octanol–water partition coefficient (Wildman–Crippen LogP) is 12.7. The van der Waals surface area contributed by atoms with Gasteiger partial charge in [0, 0.05) is 59.2 Å². The van der Waals surface area contributed by atoms with Crippen molar-refractivity contribution in [3.63, 3.8) is 0 Å². The van der Waals surface area contributed by atoms with Crippen molar-refractivity contribution in [2.45, 2.75) is 131 Å². The van der Waals surface area contributed by atoms with Gasteiger partial charge in [0.05, 0.1) is 28.5 Å². The van der Waals surface area contributed by atoms with E-state index in [9.17, 15) is 19.8 Å². The molecule has 6 aliphatic rings. The molecular weight excluding hydrogens is 773 g/mol. The second-order valence-corrected chi connectivity index (χ2v) is 16.6. The van der Waals surface area contributed by atoms with Crippen molar-refractivity contribution in [1.29, 1.82) is 0 Å². The van der Waals surface area contributed by atoms with Crippen LogP contribution in [-0.4, -0.2) is 39.3 Å². The van der Waals surface area contributed by atoms with Gasteiger partial charge in [-0.1, -0.05) is 81.5 Å². The summed E-state index contributed by atoms with van der Waals surface area (Å²) in [6, 6.07) is 0. The van der Waals surface area contributed by atoms with E-state index in [1.54, 1.807) is 0 Å². The van der Waals surface area contributed by atoms with E-state index in [4.69, 9.17) is 19.7 Å². The molecular formula is C53H64N4O5. The molecule has 0 spiro atoms. The smallest absolute Gasteiger partial charge is 0.311 e. The number of aliphatic hydroxyl groups excluding tert-OH is 1. The van der Waals surface area contributed by atoms with Gasteiger partial charge < -0.3 is 20.3 Å². The zero-order valence-electron chi connectivity index (χ0n) is 37.5. The first kappa shape index (κ1) is 45.7. The van der Waals surface area contributed by atoms with Gasteiger partial charge in [0.15, 0.2) is 5.76 Å². The zero-order chi connectivity index (χ0) is 44.2. The van der Waals surface area contributed by atoms with E-state index in [0.29, 0.717) is 36.4 Å². The van der Waals surface area contributed by atoms with Gasteiger partial charge in [0.2, 0.25) is 0 Å². The first-order valence-corrected chi connectivity index (χ1v) is 22.7. The van der Waals surface area contributed by atoms with Crippen LogP contribution in [0, 0.1) is 11.8 Å². The number of fused-ring (bicyclic) bond motifs is 5. The standard InChI is InChI=1S/C53H64N4O5/c1-7-9-10-11-12-13-14-15-16-17-18-19-20-21-22-23-24-25-26-27-49(61)62-53-37(6)44-31-42-35(4)39(28-29-48(59)60)51(56-42)40-30-47(58)50-36(5)43(57-52(40)50)32-45-38(8-2)34(3)41(54-45)33-46(53)55-44/h9-10,12-13,15-16,21-22,24-25,31-33,35,39,56,58H,7-8,11,14,17-20,23,26-30H2,1-6H3,(H,59,60)/b10-9+,13-12+,16-15+,22-21+,25-24+,42-31?,45-32?,46-33?,51-40?/t35-,39-/m0/s1. The third-order valence-electron chi connectivity index (χ3n) is 12.3. The van der Waals surface area contributed by atoms with Crippen LogP contribution < -0.4 is 5.32 Å². The monoisotopic (exact) mass is 836 g/mol. The molecule has 6 rings (SSSR count). The third-order valence-corrected chi connectivity index (χ3v) is 12.3. The number of carbonyl (C=O) groups excluding carboxylic acids is 1. The van der Waals surface area contributed by atoms with Crippen LogP contribution in [0.15, 0.2) is 167 Å². The van der Waals surface area contributed by atoms with E-state index in [2.05, 4.69) is 87.7 Å². The highest BCUT2D eigenvalue weighted by molar-refractivity contribution is 6.21. The predicted molar refractivity (Wildman–Crippen MR) is 253 cm³/mol. The summed E-state index contributed by atoms with van der Waals surface area (Å²) in [5.41, 5.74) is 11.3. The van der Waals surface area contributed by atoms with Gasteiger partial charge in [-0.25, -0.2) is 15.0 Å². The molecule has 62 heavy (non-hydrogen) atoms. The number of carbonyl (C=O) groups is 2. The largest absolute Gasteiger partial charge is 0.511 e. The Morgan fingerprint density at radius 2 is 1.40 bits per heavy atom. The normalized spacial score (nSPS) is 21.2. The summed E-state index contributed by atoms with van der Waals surface area (Å²) in [7, 11) is 0. The van der Waals surface area contributed by atoms with Gasteiger partial charge in [0.25, 0.3) is 0 Å². The fraction of sp³-hybridized carbons (Fsp3) is 0.415. The number of ether oxygens (including phenoxy) is 1. The van der Waals surface area contributed by atoms with Crippen LogP contribution in [0.4, 0.5) is 0 Å². The fourth-order valence-corrected chi connectivity index (χ4v) is 8.71. The first-order chi connectivity index (χ1) is 30.0. The van der Waals surface area contributed by atoms with E-state index < -0.39 is 5.97 Å². The lowest BCUT2D eigenvalue weighted by atomic mass is 9.86.